The molecule has 0 aliphatic carbocycles. The second kappa shape index (κ2) is 9.61. The van der Waals surface area contributed by atoms with Crippen LogP contribution in [-0.4, -0.2) is 72.2 Å². The van der Waals surface area contributed by atoms with Crippen molar-refractivity contribution in [3.63, 3.8) is 0 Å². The van der Waals surface area contributed by atoms with Crippen LogP contribution in [0, 0.1) is 0 Å². The summed E-state index contributed by atoms with van der Waals surface area (Å²) in [5.74, 6) is 0.0418. The van der Waals surface area contributed by atoms with Crippen molar-refractivity contribution in [1.29, 1.82) is 0 Å². The number of benzene rings is 2. The Morgan fingerprint density at radius 3 is 2.75 bits per heavy atom. The molecule has 2 atom stereocenters. The fourth-order valence-electron chi connectivity index (χ4n) is 5.33. The standard InChI is InChI=1S/C26H34N4O2/c31-24(17-29-12-9-19-4-1-2-5-21(19)16-29)18-30-13-10-20-14-22(7-8-25(20)26(30)32)28-23-6-3-11-27-15-23/h1-2,4-5,7-8,14,23-24,27-28,31H,3,6,9-13,15-18H2/t23?,24-/m1/s1. The summed E-state index contributed by atoms with van der Waals surface area (Å²) in [6.07, 6.45) is 3.69. The number of anilines is 1. The molecule has 6 heteroatoms. The molecule has 1 amide bonds. The van der Waals surface area contributed by atoms with E-state index in [2.05, 4.69) is 45.9 Å². The Morgan fingerprint density at radius 2 is 1.91 bits per heavy atom. The Labute approximate surface area is 190 Å². The van der Waals surface area contributed by atoms with E-state index in [-0.39, 0.29) is 5.91 Å². The number of carbonyl (C=O) groups excluding carboxylic acids is 1. The van der Waals surface area contributed by atoms with E-state index in [1.165, 1.54) is 24.0 Å². The predicted octanol–water partition coefficient (Wildman–Crippen LogP) is 2.27. The molecule has 5 rings (SSSR count). The maximum absolute atomic E-state index is 13.1. The zero-order valence-corrected chi connectivity index (χ0v) is 18.7. The van der Waals surface area contributed by atoms with Gasteiger partial charge in [0.1, 0.15) is 0 Å². The van der Waals surface area contributed by atoms with Gasteiger partial charge in [0.2, 0.25) is 0 Å². The smallest absolute Gasteiger partial charge is 0.254 e. The molecule has 0 radical (unpaired) electrons. The Kier molecular flexibility index (Phi) is 6.44. The number of β-amino-alcohol motifs (C(OH)–C–C–N with tert-alkyl or cyclic N) is 1. The van der Waals surface area contributed by atoms with Gasteiger partial charge in [-0.2, -0.15) is 0 Å². The quantitative estimate of drug-likeness (QED) is 0.651. The van der Waals surface area contributed by atoms with Crippen molar-refractivity contribution in [3.8, 4) is 0 Å². The van der Waals surface area contributed by atoms with Crippen molar-refractivity contribution >= 4 is 11.6 Å². The van der Waals surface area contributed by atoms with Gasteiger partial charge in [0.15, 0.2) is 0 Å². The molecule has 3 aliphatic rings. The van der Waals surface area contributed by atoms with Gasteiger partial charge < -0.3 is 20.6 Å². The number of piperidine rings is 1. The highest BCUT2D eigenvalue weighted by Crippen LogP contribution is 2.24. The van der Waals surface area contributed by atoms with Crippen LogP contribution in [0.25, 0.3) is 0 Å². The van der Waals surface area contributed by atoms with Crippen LogP contribution in [0.5, 0.6) is 0 Å². The molecule has 32 heavy (non-hydrogen) atoms. The van der Waals surface area contributed by atoms with Crippen LogP contribution >= 0.6 is 0 Å². The Bertz CT molecular complexity index is 957. The molecule has 3 N–H and O–H groups in total. The first kappa shape index (κ1) is 21.4. The van der Waals surface area contributed by atoms with Gasteiger partial charge in [-0.15, -0.1) is 0 Å². The SMILES string of the molecule is O=C1c2ccc(NC3CCCNC3)cc2CCN1C[C@H](O)CN1CCc2ccccc2C1. The molecule has 1 saturated heterocycles. The molecule has 1 fully saturated rings. The molecule has 0 aromatic heterocycles. The van der Waals surface area contributed by atoms with Crippen LogP contribution in [0.3, 0.4) is 0 Å². The predicted molar refractivity (Wildman–Crippen MR) is 127 cm³/mol. The molecule has 0 bridgehead atoms. The second-order valence-corrected chi connectivity index (χ2v) is 9.47. The Hall–Kier alpha value is -2.41. The number of fused-ring (bicyclic) bond motifs is 2. The van der Waals surface area contributed by atoms with E-state index in [1.807, 2.05) is 17.0 Å². The zero-order chi connectivity index (χ0) is 21.9. The minimum absolute atomic E-state index is 0.0418. The summed E-state index contributed by atoms with van der Waals surface area (Å²) in [5.41, 5.74) is 5.76. The highest BCUT2D eigenvalue weighted by atomic mass is 16.3. The van der Waals surface area contributed by atoms with Crippen LogP contribution in [0.2, 0.25) is 0 Å². The van der Waals surface area contributed by atoms with Gasteiger partial charge in [-0.3, -0.25) is 9.69 Å². The lowest BCUT2D eigenvalue weighted by molar-refractivity contribution is 0.0493. The summed E-state index contributed by atoms with van der Waals surface area (Å²) in [7, 11) is 0. The summed E-state index contributed by atoms with van der Waals surface area (Å²) >= 11 is 0. The van der Waals surface area contributed by atoms with Crippen LogP contribution in [0.15, 0.2) is 42.5 Å². The number of rotatable bonds is 6. The Balaban J connectivity index is 1.16. The molecule has 3 aliphatic heterocycles. The summed E-state index contributed by atoms with van der Waals surface area (Å²) in [4.78, 5) is 17.2. The third-order valence-electron chi connectivity index (χ3n) is 7.05. The highest BCUT2D eigenvalue weighted by Gasteiger charge is 2.27. The second-order valence-electron chi connectivity index (χ2n) is 9.47. The first-order valence-corrected chi connectivity index (χ1v) is 12.0. The number of amides is 1. The lowest BCUT2D eigenvalue weighted by atomic mass is 9.97. The maximum atomic E-state index is 13.1. The van der Waals surface area contributed by atoms with Gasteiger partial charge >= 0.3 is 0 Å². The highest BCUT2D eigenvalue weighted by molar-refractivity contribution is 5.97. The molecular weight excluding hydrogens is 400 g/mol. The first-order valence-electron chi connectivity index (χ1n) is 12.0. The summed E-state index contributed by atoms with van der Waals surface area (Å²) in [6, 6.07) is 15.1. The lowest BCUT2D eigenvalue weighted by Gasteiger charge is -2.34. The molecule has 6 nitrogen and oxygen atoms in total. The van der Waals surface area contributed by atoms with E-state index in [9.17, 15) is 9.90 Å². The fourth-order valence-corrected chi connectivity index (χ4v) is 5.33. The number of nitrogens with zero attached hydrogens (tertiary/aromatic N) is 2. The average Bonchev–Trinajstić information content (AvgIpc) is 2.81. The summed E-state index contributed by atoms with van der Waals surface area (Å²) in [5, 5.41) is 17.8. The van der Waals surface area contributed by atoms with Crippen molar-refractivity contribution < 1.29 is 9.90 Å². The number of hydrogen-bond donors (Lipinski definition) is 3. The van der Waals surface area contributed by atoms with E-state index >= 15 is 0 Å². The number of aliphatic hydroxyl groups excluding tert-OH is 1. The average molecular weight is 435 g/mol. The van der Waals surface area contributed by atoms with E-state index in [1.54, 1.807) is 0 Å². The molecule has 2 aromatic rings. The maximum Gasteiger partial charge on any atom is 0.254 e. The topological polar surface area (TPSA) is 67.8 Å². The van der Waals surface area contributed by atoms with E-state index in [0.717, 1.165) is 55.8 Å². The van der Waals surface area contributed by atoms with Crippen LogP contribution in [0.4, 0.5) is 5.69 Å². The molecule has 0 spiro atoms. The van der Waals surface area contributed by atoms with Crippen molar-refractivity contribution in [1.82, 2.24) is 15.1 Å². The van der Waals surface area contributed by atoms with Gasteiger partial charge in [-0.05, 0) is 67.1 Å². The van der Waals surface area contributed by atoms with Crippen LogP contribution in [-0.2, 0) is 19.4 Å². The van der Waals surface area contributed by atoms with Gasteiger partial charge in [-0.25, -0.2) is 0 Å². The van der Waals surface area contributed by atoms with Crippen molar-refractivity contribution in [2.45, 2.75) is 44.4 Å². The third-order valence-corrected chi connectivity index (χ3v) is 7.05. The van der Waals surface area contributed by atoms with Gasteiger partial charge in [-0.1, -0.05) is 24.3 Å². The first-order chi connectivity index (χ1) is 15.7. The molecule has 0 saturated carbocycles. The number of nitrogens with one attached hydrogen (secondary N) is 2. The molecular formula is C26H34N4O2. The van der Waals surface area contributed by atoms with Crippen molar-refractivity contribution in [2.75, 3.05) is 44.6 Å². The minimum Gasteiger partial charge on any atom is -0.390 e. The van der Waals surface area contributed by atoms with Crippen LogP contribution in [0.1, 0.15) is 39.9 Å². The van der Waals surface area contributed by atoms with Crippen LogP contribution < -0.4 is 10.6 Å². The summed E-state index contributed by atoms with van der Waals surface area (Å²) in [6.45, 7) is 5.58. The van der Waals surface area contributed by atoms with Gasteiger partial charge in [0.05, 0.1) is 6.10 Å². The monoisotopic (exact) mass is 434 g/mol. The lowest BCUT2D eigenvalue weighted by Crippen LogP contribution is -2.46. The van der Waals surface area contributed by atoms with E-state index in [4.69, 9.17) is 0 Å². The molecule has 3 heterocycles. The largest absolute Gasteiger partial charge is 0.390 e. The minimum atomic E-state index is -0.537. The number of hydrogen-bond acceptors (Lipinski definition) is 5. The molecule has 170 valence electrons. The Morgan fingerprint density at radius 1 is 1.06 bits per heavy atom. The third kappa shape index (κ3) is 4.82. The van der Waals surface area contributed by atoms with E-state index in [0.29, 0.717) is 25.7 Å². The summed E-state index contributed by atoms with van der Waals surface area (Å²) < 4.78 is 0. The number of carbonyl (C=O) groups is 1. The van der Waals surface area contributed by atoms with Gasteiger partial charge in [0.25, 0.3) is 5.91 Å². The molecule has 1 unspecified atom stereocenters. The number of aliphatic hydroxyl groups is 1. The van der Waals surface area contributed by atoms with E-state index < -0.39 is 6.10 Å². The molecule has 2 aromatic carbocycles. The van der Waals surface area contributed by atoms with Crippen molar-refractivity contribution in [2.24, 2.45) is 0 Å². The fraction of sp³-hybridized carbons (Fsp3) is 0.500. The van der Waals surface area contributed by atoms with Gasteiger partial charge in [0, 0.05) is 56.6 Å². The zero-order valence-electron chi connectivity index (χ0n) is 18.7. The van der Waals surface area contributed by atoms with Crippen molar-refractivity contribution in [3.05, 3.63) is 64.7 Å². The normalized spacial score (nSPS) is 22.2.